The van der Waals surface area contributed by atoms with Crippen LogP contribution in [-0.2, 0) is 9.53 Å². The highest BCUT2D eigenvalue weighted by atomic mass is 35.5. The van der Waals surface area contributed by atoms with Crippen molar-refractivity contribution in [1.29, 1.82) is 0 Å². The molecule has 88 valence electrons. The van der Waals surface area contributed by atoms with E-state index in [1.807, 2.05) is 0 Å². The van der Waals surface area contributed by atoms with Gasteiger partial charge >= 0.3 is 0 Å². The van der Waals surface area contributed by atoms with Crippen molar-refractivity contribution in [2.45, 2.75) is 31.1 Å². The maximum absolute atomic E-state index is 11.7. The number of ether oxygens (including phenoxy) is 1. The molecule has 0 aromatic carbocycles. The molecule has 15 heavy (non-hydrogen) atoms. The maximum Gasteiger partial charge on any atom is 0.242 e. The van der Waals surface area contributed by atoms with E-state index in [4.69, 9.17) is 15.6 Å². The molecule has 0 saturated carbocycles. The molecule has 0 radical (unpaired) electrons. The van der Waals surface area contributed by atoms with Gasteiger partial charge in [0, 0.05) is 19.7 Å². The van der Waals surface area contributed by atoms with Crippen LogP contribution < -0.4 is 5.73 Å². The van der Waals surface area contributed by atoms with Crippen LogP contribution in [0, 0.1) is 0 Å². The minimum Gasteiger partial charge on any atom is -0.389 e. The van der Waals surface area contributed by atoms with Gasteiger partial charge < -0.3 is 20.5 Å². The molecular weight excluding hydrogens is 220 g/mol. The van der Waals surface area contributed by atoms with Crippen molar-refractivity contribution in [1.82, 2.24) is 4.90 Å². The predicted molar refractivity (Wildman–Crippen MR) is 56.8 cm³/mol. The van der Waals surface area contributed by atoms with E-state index in [0.29, 0.717) is 19.7 Å². The molecule has 5 nitrogen and oxygen atoms in total. The lowest BCUT2D eigenvalue weighted by Crippen LogP contribution is -2.60. The monoisotopic (exact) mass is 236 g/mol. The standard InChI is InChI=1S/C9H16N2O3.ClH/c10-8(7-2-1-3-14-7)9(13)11-4-6(12)5-11;/h6-8,12H,1-5,10H2;1H. The molecule has 2 unspecified atom stereocenters. The fourth-order valence-corrected chi connectivity index (χ4v) is 1.89. The minimum atomic E-state index is -0.551. The first-order chi connectivity index (χ1) is 6.68. The van der Waals surface area contributed by atoms with Crippen molar-refractivity contribution < 1.29 is 14.6 Å². The van der Waals surface area contributed by atoms with E-state index in [-0.39, 0.29) is 30.5 Å². The van der Waals surface area contributed by atoms with Crippen LogP contribution in [0.2, 0.25) is 0 Å². The zero-order valence-corrected chi connectivity index (χ0v) is 9.28. The Morgan fingerprint density at radius 3 is 2.67 bits per heavy atom. The van der Waals surface area contributed by atoms with E-state index in [9.17, 15) is 4.79 Å². The number of carbonyl (C=O) groups is 1. The quantitative estimate of drug-likeness (QED) is 0.653. The normalized spacial score (nSPS) is 28.1. The van der Waals surface area contributed by atoms with Gasteiger partial charge in [-0.15, -0.1) is 12.4 Å². The second-order valence-corrected chi connectivity index (χ2v) is 3.97. The van der Waals surface area contributed by atoms with Gasteiger partial charge in [0.2, 0.25) is 5.91 Å². The molecule has 0 aliphatic carbocycles. The summed E-state index contributed by atoms with van der Waals surface area (Å²) < 4.78 is 5.35. The largest absolute Gasteiger partial charge is 0.389 e. The Hall–Kier alpha value is -0.360. The Labute approximate surface area is 95.0 Å². The number of amides is 1. The second kappa shape index (κ2) is 5.12. The summed E-state index contributed by atoms with van der Waals surface area (Å²) in [4.78, 5) is 13.2. The lowest BCUT2D eigenvalue weighted by atomic mass is 10.0. The van der Waals surface area contributed by atoms with Crippen molar-refractivity contribution >= 4 is 18.3 Å². The van der Waals surface area contributed by atoms with Crippen molar-refractivity contribution in [3.63, 3.8) is 0 Å². The number of nitrogens with zero attached hydrogens (tertiary/aromatic N) is 1. The van der Waals surface area contributed by atoms with Crippen LogP contribution in [0.1, 0.15) is 12.8 Å². The zero-order valence-electron chi connectivity index (χ0n) is 8.46. The SMILES string of the molecule is Cl.NC(C(=O)N1CC(O)C1)C1CCCO1. The third-order valence-corrected chi connectivity index (χ3v) is 2.82. The molecule has 0 aromatic heterocycles. The number of aliphatic hydroxyl groups excluding tert-OH is 1. The predicted octanol–water partition coefficient (Wildman–Crippen LogP) is -0.882. The topological polar surface area (TPSA) is 75.8 Å². The van der Waals surface area contributed by atoms with Crippen LogP contribution in [0.4, 0.5) is 0 Å². The van der Waals surface area contributed by atoms with E-state index in [1.165, 1.54) is 0 Å². The smallest absolute Gasteiger partial charge is 0.242 e. The lowest BCUT2D eigenvalue weighted by molar-refractivity contribution is -0.145. The molecule has 0 spiro atoms. The van der Waals surface area contributed by atoms with Gasteiger partial charge in [0.25, 0.3) is 0 Å². The van der Waals surface area contributed by atoms with E-state index in [2.05, 4.69) is 0 Å². The molecule has 0 aromatic rings. The fraction of sp³-hybridized carbons (Fsp3) is 0.889. The van der Waals surface area contributed by atoms with Crippen LogP contribution in [0.15, 0.2) is 0 Å². The van der Waals surface area contributed by atoms with E-state index in [1.54, 1.807) is 4.90 Å². The molecule has 2 rings (SSSR count). The van der Waals surface area contributed by atoms with Crippen molar-refractivity contribution in [2.24, 2.45) is 5.73 Å². The lowest BCUT2D eigenvalue weighted by Gasteiger charge is -2.38. The number of likely N-dealkylation sites (tertiary alicyclic amines) is 1. The van der Waals surface area contributed by atoms with Crippen LogP contribution in [0.3, 0.4) is 0 Å². The van der Waals surface area contributed by atoms with E-state index in [0.717, 1.165) is 12.8 Å². The molecule has 2 fully saturated rings. The first-order valence-electron chi connectivity index (χ1n) is 5.02. The summed E-state index contributed by atoms with van der Waals surface area (Å²) in [7, 11) is 0. The van der Waals surface area contributed by atoms with Gasteiger partial charge in [-0.05, 0) is 12.8 Å². The Morgan fingerprint density at radius 2 is 2.20 bits per heavy atom. The highest BCUT2D eigenvalue weighted by molar-refractivity contribution is 5.85. The third-order valence-electron chi connectivity index (χ3n) is 2.82. The average Bonchev–Trinajstić information content (AvgIpc) is 2.63. The molecule has 2 aliphatic rings. The number of β-amino-alcohol motifs (C(OH)–C–C–N with tert-alkyl or cyclic N) is 1. The van der Waals surface area contributed by atoms with Crippen molar-refractivity contribution in [3.8, 4) is 0 Å². The van der Waals surface area contributed by atoms with Gasteiger partial charge in [0.05, 0.1) is 12.2 Å². The zero-order chi connectivity index (χ0) is 10.1. The number of hydrogen-bond acceptors (Lipinski definition) is 4. The molecule has 2 aliphatic heterocycles. The highest BCUT2D eigenvalue weighted by Crippen LogP contribution is 2.18. The molecule has 0 bridgehead atoms. The summed E-state index contributed by atoms with van der Waals surface area (Å²) in [5.41, 5.74) is 5.78. The van der Waals surface area contributed by atoms with Gasteiger partial charge in [-0.3, -0.25) is 4.79 Å². The summed E-state index contributed by atoms with van der Waals surface area (Å²) in [5, 5.41) is 9.05. The summed E-state index contributed by atoms with van der Waals surface area (Å²) >= 11 is 0. The maximum atomic E-state index is 11.7. The molecular formula is C9H17ClN2O3. The Kier molecular flexibility index (Phi) is 4.33. The Morgan fingerprint density at radius 1 is 1.53 bits per heavy atom. The number of carbonyl (C=O) groups excluding carboxylic acids is 1. The number of rotatable bonds is 2. The molecule has 6 heteroatoms. The average molecular weight is 237 g/mol. The molecule has 2 saturated heterocycles. The Balaban J connectivity index is 0.00000112. The second-order valence-electron chi connectivity index (χ2n) is 3.97. The van der Waals surface area contributed by atoms with Gasteiger partial charge in [-0.25, -0.2) is 0 Å². The highest BCUT2D eigenvalue weighted by Gasteiger charge is 2.36. The molecule has 3 N–H and O–H groups in total. The first kappa shape index (κ1) is 12.7. The third kappa shape index (κ3) is 2.60. The number of nitrogens with two attached hydrogens (primary N) is 1. The van der Waals surface area contributed by atoms with Crippen LogP contribution in [-0.4, -0.2) is 53.9 Å². The molecule has 1 amide bonds. The number of hydrogen-bond donors (Lipinski definition) is 2. The van der Waals surface area contributed by atoms with E-state index >= 15 is 0 Å². The summed E-state index contributed by atoms with van der Waals surface area (Å²) in [5.74, 6) is -0.0952. The van der Waals surface area contributed by atoms with Crippen molar-refractivity contribution in [2.75, 3.05) is 19.7 Å². The summed E-state index contributed by atoms with van der Waals surface area (Å²) in [6.07, 6.45) is 1.35. The minimum absolute atomic E-state index is 0. The molecule has 2 atom stereocenters. The first-order valence-corrected chi connectivity index (χ1v) is 5.02. The Bertz CT molecular complexity index is 227. The van der Waals surface area contributed by atoms with Crippen molar-refractivity contribution in [3.05, 3.63) is 0 Å². The molecule has 2 heterocycles. The van der Waals surface area contributed by atoms with Crippen LogP contribution >= 0.6 is 12.4 Å². The summed E-state index contributed by atoms with van der Waals surface area (Å²) in [6.45, 7) is 1.53. The van der Waals surface area contributed by atoms with Crippen LogP contribution in [0.5, 0.6) is 0 Å². The van der Waals surface area contributed by atoms with Gasteiger partial charge in [-0.1, -0.05) is 0 Å². The van der Waals surface area contributed by atoms with Gasteiger partial charge in [0.1, 0.15) is 6.04 Å². The number of halogens is 1. The van der Waals surface area contributed by atoms with E-state index < -0.39 is 6.04 Å². The fourth-order valence-electron chi connectivity index (χ4n) is 1.89. The van der Waals surface area contributed by atoms with Gasteiger partial charge in [-0.2, -0.15) is 0 Å². The van der Waals surface area contributed by atoms with Crippen LogP contribution in [0.25, 0.3) is 0 Å². The summed E-state index contributed by atoms with van der Waals surface area (Å²) in [6, 6.07) is -0.551. The number of aliphatic hydroxyl groups is 1. The van der Waals surface area contributed by atoms with Gasteiger partial charge in [0.15, 0.2) is 0 Å².